The lowest BCUT2D eigenvalue weighted by molar-refractivity contribution is 0.254. The fourth-order valence-corrected chi connectivity index (χ4v) is 1.76. The molecule has 0 spiro atoms. The Morgan fingerprint density at radius 2 is 1.53 bits per heavy atom. The van der Waals surface area contributed by atoms with E-state index >= 15 is 0 Å². The summed E-state index contributed by atoms with van der Waals surface area (Å²) >= 11 is 0. The molecule has 0 aromatic rings. The Morgan fingerprint density at radius 3 is 1.89 bits per heavy atom. The van der Waals surface area contributed by atoms with Crippen LogP contribution in [0.5, 0.6) is 0 Å². The molecule has 0 amide bonds. The molecule has 0 saturated carbocycles. The van der Waals surface area contributed by atoms with Gasteiger partial charge in [0.2, 0.25) is 0 Å². The summed E-state index contributed by atoms with van der Waals surface area (Å²) in [6.45, 7) is 10.8. The maximum Gasteiger partial charge on any atom is 0.191 e. The molecule has 5 heteroatoms. The zero-order valence-electron chi connectivity index (χ0n) is 13.7. The molecule has 0 bridgehead atoms. The number of aliphatic imine (C=N–C) groups is 1. The van der Waals surface area contributed by atoms with Gasteiger partial charge in [-0.25, -0.2) is 0 Å². The van der Waals surface area contributed by atoms with Gasteiger partial charge in [0, 0.05) is 26.2 Å². The van der Waals surface area contributed by atoms with Crippen LogP contribution in [0.4, 0.5) is 0 Å². The average Bonchev–Trinajstić information content (AvgIpc) is 2.26. The molecule has 116 valence electrons. The van der Waals surface area contributed by atoms with Crippen molar-refractivity contribution in [2.24, 2.45) is 16.8 Å². The molecule has 4 nitrogen and oxygen atoms in total. The normalized spacial score (nSPS) is 13.7. The van der Waals surface area contributed by atoms with Crippen LogP contribution >= 0.6 is 24.0 Å². The van der Waals surface area contributed by atoms with Crippen molar-refractivity contribution in [3.63, 3.8) is 0 Å². The van der Waals surface area contributed by atoms with Crippen LogP contribution in [-0.2, 0) is 0 Å². The van der Waals surface area contributed by atoms with Crippen LogP contribution in [0.25, 0.3) is 0 Å². The summed E-state index contributed by atoms with van der Waals surface area (Å²) in [4.78, 5) is 6.53. The van der Waals surface area contributed by atoms with Crippen molar-refractivity contribution in [3.05, 3.63) is 0 Å². The first-order valence-electron chi connectivity index (χ1n) is 6.97. The van der Waals surface area contributed by atoms with Gasteiger partial charge in [-0.2, -0.15) is 0 Å². The average molecular weight is 384 g/mol. The molecule has 19 heavy (non-hydrogen) atoms. The molecule has 0 aliphatic carbocycles. The number of guanidine groups is 1. The number of hydrogen-bond acceptors (Lipinski definition) is 2. The molecule has 0 aliphatic heterocycles. The van der Waals surface area contributed by atoms with Crippen molar-refractivity contribution in [1.29, 1.82) is 0 Å². The van der Waals surface area contributed by atoms with Crippen LogP contribution in [0, 0.1) is 11.8 Å². The number of likely N-dealkylation sites (N-methyl/N-ethyl adjacent to an activating group) is 1. The Hall–Kier alpha value is -0.0400. The molecular weight excluding hydrogens is 351 g/mol. The molecule has 0 aromatic carbocycles. The van der Waals surface area contributed by atoms with Crippen LogP contribution in [0.3, 0.4) is 0 Å². The van der Waals surface area contributed by atoms with E-state index in [4.69, 9.17) is 0 Å². The van der Waals surface area contributed by atoms with E-state index in [-0.39, 0.29) is 24.0 Å². The van der Waals surface area contributed by atoms with Crippen molar-refractivity contribution in [2.45, 2.75) is 40.2 Å². The van der Waals surface area contributed by atoms with Gasteiger partial charge in [0.25, 0.3) is 0 Å². The minimum Gasteiger partial charge on any atom is -0.356 e. The van der Waals surface area contributed by atoms with Gasteiger partial charge in [0.1, 0.15) is 0 Å². The molecule has 0 fully saturated rings. The Bertz CT molecular complexity index is 240. The first-order valence-corrected chi connectivity index (χ1v) is 6.97. The maximum atomic E-state index is 4.25. The van der Waals surface area contributed by atoms with Crippen LogP contribution < -0.4 is 10.6 Å². The molecule has 2 N–H and O–H groups in total. The lowest BCUT2D eigenvalue weighted by Gasteiger charge is -2.27. The summed E-state index contributed by atoms with van der Waals surface area (Å²) in [6.07, 6.45) is 1.20. The van der Waals surface area contributed by atoms with Gasteiger partial charge in [0.15, 0.2) is 5.96 Å². The SMILES string of the molecule is CN=C(NCC(C)C)NCC(CC(C)C)N(C)C.I. The molecule has 0 saturated heterocycles. The Morgan fingerprint density at radius 1 is 1.00 bits per heavy atom. The van der Waals surface area contributed by atoms with E-state index < -0.39 is 0 Å². The lowest BCUT2D eigenvalue weighted by Crippen LogP contribution is -2.46. The van der Waals surface area contributed by atoms with Crippen LogP contribution in [0.2, 0.25) is 0 Å². The van der Waals surface area contributed by atoms with E-state index in [0.717, 1.165) is 19.0 Å². The van der Waals surface area contributed by atoms with E-state index in [9.17, 15) is 0 Å². The predicted molar refractivity (Wildman–Crippen MR) is 96.5 cm³/mol. The van der Waals surface area contributed by atoms with Gasteiger partial charge in [0.05, 0.1) is 0 Å². The third-order valence-corrected chi connectivity index (χ3v) is 2.88. The fraction of sp³-hybridized carbons (Fsp3) is 0.929. The standard InChI is InChI=1S/C14H32N4.HI/c1-11(2)8-13(18(6)7)10-17-14(15-5)16-9-12(3)4;/h11-13H,8-10H2,1-7H3,(H2,15,16,17);1H. The minimum absolute atomic E-state index is 0. The predicted octanol–water partition coefficient (Wildman–Crippen LogP) is 2.40. The third kappa shape index (κ3) is 11.5. The van der Waals surface area contributed by atoms with E-state index in [1.54, 1.807) is 0 Å². The highest BCUT2D eigenvalue weighted by atomic mass is 127. The zero-order valence-corrected chi connectivity index (χ0v) is 16.0. The summed E-state index contributed by atoms with van der Waals surface area (Å²) in [5, 5.41) is 6.75. The molecule has 0 radical (unpaired) electrons. The highest BCUT2D eigenvalue weighted by molar-refractivity contribution is 14.0. The summed E-state index contributed by atoms with van der Waals surface area (Å²) < 4.78 is 0. The van der Waals surface area contributed by atoms with Gasteiger partial charge in [-0.05, 0) is 32.4 Å². The summed E-state index contributed by atoms with van der Waals surface area (Å²) in [6, 6.07) is 0.544. The van der Waals surface area contributed by atoms with Crippen molar-refractivity contribution >= 4 is 29.9 Å². The third-order valence-electron chi connectivity index (χ3n) is 2.88. The highest BCUT2D eigenvalue weighted by Gasteiger charge is 2.13. The van der Waals surface area contributed by atoms with E-state index in [0.29, 0.717) is 17.9 Å². The second-order valence-corrected chi connectivity index (χ2v) is 5.97. The van der Waals surface area contributed by atoms with Gasteiger partial charge < -0.3 is 15.5 Å². The molecular formula is C14H33IN4. The Labute approximate surface area is 136 Å². The van der Waals surface area contributed by atoms with Crippen LogP contribution in [0.15, 0.2) is 4.99 Å². The van der Waals surface area contributed by atoms with Gasteiger partial charge in [-0.3, -0.25) is 4.99 Å². The summed E-state index contributed by atoms with van der Waals surface area (Å²) in [5.41, 5.74) is 0. The smallest absolute Gasteiger partial charge is 0.191 e. The van der Waals surface area contributed by atoms with Gasteiger partial charge in [-0.15, -0.1) is 24.0 Å². The lowest BCUT2D eigenvalue weighted by atomic mass is 10.0. The first kappa shape index (κ1) is 21.3. The molecule has 1 unspecified atom stereocenters. The first-order chi connectivity index (χ1) is 8.36. The number of nitrogens with one attached hydrogen (secondary N) is 2. The number of rotatable bonds is 7. The largest absolute Gasteiger partial charge is 0.356 e. The number of hydrogen-bond donors (Lipinski definition) is 2. The van der Waals surface area contributed by atoms with Crippen molar-refractivity contribution in [3.8, 4) is 0 Å². The fourth-order valence-electron chi connectivity index (χ4n) is 1.76. The second-order valence-electron chi connectivity index (χ2n) is 5.97. The monoisotopic (exact) mass is 384 g/mol. The van der Waals surface area contributed by atoms with Crippen molar-refractivity contribution < 1.29 is 0 Å². The minimum atomic E-state index is 0. The van der Waals surface area contributed by atoms with Gasteiger partial charge >= 0.3 is 0 Å². The molecule has 0 heterocycles. The topological polar surface area (TPSA) is 39.7 Å². The molecule has 0 rings (SSSR count). The Kier molecular flexibility index (Phi) is 13.2. The second kappa shape index (κ2) is 11.8. The summed E-state index contributed by atoms with van der Waals surface area (Å²) in [5.74, 6) is 2.24. The van der Waals surface area contributed by atoms with E-state index in [2.05, 4.69) is 62.3 Å². The molecule has 1 atom stereocenters. The number of nitrogens with zero attached hydrogens (tertiary/aromatic N) is 2. The Balaban J connectivity index is 0. The van der Waals surface area contributed by atoms with E-state index in [1.807, 2.05) is 7.05 Å². The number of halogens is 1. The maximum absolute atomic E-state index is 4.25. The van der Waals surface area contributed by atoms with Crippen LogP contribution in [-0.4, -0.2) is 51.1 Å². The van der Waals surface area contributed by atoms with Crippen molar-refractivity contribution in [1.82, 2.24) is 15.5 Å². The summed E-state index contributed by atoms with van der Waals surface area (Å²) in [7, 11) is 6.10. The zero-order chi connectivity index (χ0) is 14.1. The molecule has 0 aliphatic rings. The van der Waals surface area contributed by atoms with Gasteiger partial charge in [-0.1, -0.05) is 27.7 Å². The quantitative estimate of drug-likeness (QED) is 0.402. The molecule has 0 aromatic heterocycles. The van der Waals surface area contributed by atoms with Crippen molar-refractivity contribution in [2.75, 3.05) is 34.2 Å². The highest BCUT2D eigenvalue weighted by Crippen LogP contribution is 2.07. The van der Waals surface area contributed by atoms with E-state index in [1.165, 1.54) is 6.42 Å². The van der Waals surface area contributed by atoms with Crippen LogP contribution in [0.1, 0.15) is 34.1 Å².